The Kier molecular flexibility index (Phi) is 4.85. The third kappa shape index (κ3) is 3.68. The van der Waals surface area contributed by atoms with E-state index in [1.165, 1.54) is 0 Å². The average Bonchev–Trinajstić information content (AvgIpc) is 2.40. The zero-order valence-corrected chi connectivity index (χ0v) is 10.3. The normalized spacial score (nSPS) is 11.9. The molecule has 0 fully saturated rings. The van der Waals surface area contributed by atoms with Gasteiger partial charge in [0, 0.05) is 19.8 Å². The van der Waals surface area contributed by atoms with Crippen LogP contribution in [0.15, 0.2) is 35.5 Å². The molecule has 0 radical (unpaired) electrons. The highest BCUT2D eigenvalue weighted by Crippen LogP contribution is 2.47. The number of oxime groups is 1. The number of rotatable bonds is 5. The molecule has 0 spiro atoms. The van der Waals surface area contributed by atoms with Crippen LogP contribution in [0.25, 0.3) is 0 Å². The van der Waals surface area contributed by atoms with Crippen molar-refractivity contribution in [1.29, 1.82) is 5.26 Å². The second-order valence-corrected chi connectivity index (χ2v) is 4.60. The fourth-order valence-electron chi connectivity index (χ4n) is 0.966. The summed E-state index contributed by atoms with van der Waals surface area (Å²) >= 11 is 0. The monoisotopic (exact) mass is 254 g/mol. The lowest BCUT2D eigenvalue weighted by atomic mass is 10.1. The standard InChI is InChI=1S/C10H11N2O4P/c1-14-17(13,15-2)16-12-10(8-11)9-6-4-3-5-7-9/h3-7H,1-2H3/b12-10+. The van der Waals surface area contributed by atoms with Gasteiger partial charge < -0.3 is 0 Å². The Hall–Kier alpha value is -1.67. The summed E-state index contributed by atoms with van der Waals surface area (Å²) in [4.78, 5) is 0. The van der Waals surface area contributed by atoms with Gasteiger partial charge >= 0.3 is 7.82 Å². The summed E-state index contributed by atoms with van der Waals surface area (Å²) in [6.45, 7) is 0. The first-order valence-corrected chi connectivity index (χ1v) is 6.05. The molecule has 0 bridgehead atoms. The highest BCUT2D eigenvalue weighted by atomic mass is 31.2. The van der Waals surface area contributed by atoms with Crippen LogP contribution in [0.1, 0.15) is 5.56 Å². The summed E-state index contributed by atoms with van der Waals surface area (Å²) in [6, 6.07) is 10.5. The van der Waals surface area contributed by atoms with Crippen LogP contribution in [-0.2, 0) is 18.2 Å². The summed E-state index contributed by atoms with van der Waals surface area (Å²) in [5, 5.41) is 12.4. The molecule has 0 heterocycles. The van der Waals surface area contributed by atoms with Gasteiger partial charge in [-0.2, -0.15) is 5.26 Å². The average molecular weight is 254 g/mol. The Morgan fingerprint density at radius 1 is 1.29 bits per heavy atom. The molecule has 0 aliphatic heterocycles. The maximum absolute atomic E-state index is 11.5. The molecule has 1 rings (SSSR count). The first-order chi connectivity index (χ1) is 8.15. The van der Waals surface area contributed by atoms with Gasteiger partial charge in [-0.15, -0.1) is 0 Å². The lowest BCUT2D eigenvalue weighted by Crippen LogP contribution is -1.99. The molecule has 1 aromatic rings. The van der Waals surface area contributed by atoms with Crippen molar-refractivity contribution in [2.75, 3.05) is 14.2 Å². The molecular weight excluding hydrogens is 243 g/mol. The fraction of sp³-hybridized carbons (Fsp3) is 0.200. The van der Waals surface area contributed by atoms with E-state index in [2.05, 4.69) is 18.8 Å². The maximum atomic E-state index is 11.5. The van der Waals surface area contributed by atoms with Crippen LogP contribution in [0.2, 0.25) is 0 Å². The molecule has 6 nitrogen and oxygen atoms in total. The molecule has 0 unspecified atom stereocenters. The van der Waals surface area contributed by atoms with Gasteiger partial charge in [0.1, 0.15) is 6.07 Å². The van der Waals surface area contributed by atoms with Gasteiger partial charge in [0.25, 0.3) is 0 Å². The van der Waals surface area contributed by atoms with E-state index in [4.69, 9.17) is 5.26 Å². The second kappa shape index (κ2) is 6.16. The Bertz CT molecular complexity index is 473. The van der Waals surface area contributed by atoms with Crippen molar-refractivity contribution in [3.8, 4) is 6.07 Å². The van der Waals surface area contributed by atoms with Crippen molar-refractivity contribution in [3.05, 3.63) is 35.9 Å². The van der Waals surface area contributed by atoms with E-state index in [0.717, 1.165) is 14.2 Å². The van der Waals surface area contributed by atoms with E-state index in [1.807, 2.05) is 6.07 Å². The molecule has 0 saturated carbocycles. The zero-order chi connectivity index (χ0) is 12.7. The quantitative estimate of drug-likeness (QED) is 0.457. The minimum Gasteiger partial charge on any atom is -0.291 e. The molecule has 0 atom stereocenters. The summed E-state index contributed by atoms with van der Waals surface area (Å²) in [5.74, 6) is 0. The second-order valence-electron chi connectivity index (χ2n) is 2.81. The molecule has 0 aliphatic rings. The maximum Gasteiger partial charge on any atom is 0.549 e. The van der Waals surface area contributed by atoms with E-state index in [9.17, 15) is 4.57 Å². The molecule has 17 heavy (non-hydrogen) atoms. The lowest BCUT2D eigenvalue weighted by molar-refractivity contribution is 0.157. The Morgan fingerprint density at radius 3 is 2.35 bits per heavy atom. The number of benzene rings is 1. The lowest BCUT2D eigenvalue weighted by Gasteiger charge is -2.09. The Morgan fingerprint density at radius 2 is 1.88 bits per heavy atom. The summed E-state index contributed by atoms with van der Waals surface area (Å²) < 4.78 is 25.2. The zero-order valence-electron chi connectivity index (χ0n) is 9.36. The molecule has 0 amide bonds. The molecule has 0 N–H and O–H groups in total. The highest BCUT2D eigenvalue weighted by molar-refractivity contribution is 7.48. The number of hydrogen-bond donors (Lipinski definition) is 0. The van der Waals surface area contributed by atoms with Gasteiger partial charge in [-0.1, -0.05) is 35.5 Å². The van der Waals surface area contributed by atoms with Crippen LogP contribution in [0, 0.1) is 11.3 Å². The van der Waals surface area contributed by atoms with E-state index in [0.29, 0.717) is 5.56 Å². The van der Waals surface area contributed by atoms with Gasteiger partial charge in [-0.3, -0.25) is 13.7 Å². The molecule has 1 aromatic carbocycles. The van der Waals surface area contributed by atoms with Crippen LogP contribution >= 0.6 is 7.82 Å². The van der Waals surface area contributed by atoms with Crippen molar-refractivity contribution in [1.82, 2.24) is 0 Å². The first kappa shape index (κ1) is 13.4. The molecular formula is C10H11N2O4P. The topological polar surface area (TPSA) is 80.9 Å². The fourth-order valence-corrected chi connectivity index (χ4v) is 1.43. The molecule has 0 aliphatic carbocycles. The van der Waals surface area contributed by atoms with Gasteiger partial charge in [-0.25, -0.2) is 4.57 Å². The van der Waals surface area contributed by atoms with E-state index in [1.54, 1.807) is 30.3 Å². The Balaban J connectivity index is 2.91. The molecule has 0 saturated heterocycles. The van der Waals surface area contributed by atoms with Crippen molar-refractivity contribution >= 4 is 13.5 Å². The van der Waals surface area contributed by atoms with Gasteiger partial charge in [0.05, 0.1) is 0 Å². The van der Waals surface area contributed by atoms with Crippen molar-refractivity contribution < 1.29 is 18.2 Å². The minimum absolute atomic E-state index is 0.0140. The molecule has 90 valence electrons. The third-order valence-corrected chi connectivity index (χ3v) is 3.01. The smallest absolute Gasteiger partial charge is 0.291 e. The van der Waals surface area contributed by atoms with Crippen LogP contribution in [0.5, 0.6) is 0 Å². The number of nitrogens with zero attached hydrogens (tertiary/aromatic N) is 2. The Labute approximate surface area is 99.0 Å². The summed E-state index contributed by atoms with van der Waals surface area (Å²) in [5.41, 5.74) is 0.536. The summed E-state index contributed by atoms with van der Waals surface area (Å²) in [7, 11) is -1.39. The number of hydrogen-bond acceptors (Lipinski definition) is 6. The predicted molar refractivity (Wildman–Crippen MR) is 61.3 cm³/mol. The molecule has 7 heteroatoms. The van der Waals surface area contributed by atoms with Gasteiger partial charge in [-0.05, 0) is 0 Å². The van der Waals surface area contributed by atoms with Crippen LogP contribution < -0.4 is 0 Å². The van der Waals surface area contributed by atoms with E-state index < -0.39 is 7.82 Å². The SMILES string of the molecule is COP(=O)(OC)O/N=C(\C#N)c1ccccc1. The predicted octanol–water partition coefficient (Wildman–Crippen LogP) is 2.33. The van der Waals surface area contributed by atoms with Crippen LogP contribution in [-0.4, -0.2) is 19.9 Å². The van der Waals surface area contributed by atoms with Gasteiger partial charge in [0.2, 0.25) is 0 Å². The van der Waals surface area contributed by atoms with Crippen LogP contribution in [0.4, 0.5) is 0 Å². The third-order valence-electron chi connectivity index (χ3n) is 1.83. The van der Waals surface area contributed by atoms with Crippen molar-refractivity contribution in [3.63, 3.8) is 0 Å². The minimum atomic E-state index is -3.71. The molecule has 0 aromatic heterocycles. The number of nitriles is 1. The first-order valence-electron chi connectivity index (χ1n) is 4.59. The number of phosphoric acid groups is 1. The van der Waals surface area contributed by atoms with Crippen molar-refractivity contribution in [2.24, 2.45) is 5.16 Å². The van der Waals surface area contributed by atoms with E-state index >= 15 is 0 Å². The largest absolute Gasteiger partial charge is 0.549 e. The highest BCUT2D eigenvalue weighted by Gasteiger charge is 2.24. The van der Waals surface area contributed by atoms with E-state index in [-0.39, 0.29) is 5.71 Å². The van der Waals surface area contributed by atoms with Gasteiger partial charge in [0.15, 0.2) is 5.71 Å². The number of phosphoric ester groups is 1. The van der Waals surface area contributed by atoms with Crippen LogP contribution in [0.3, 0.4) is 0 Å². The summed E-state index contributed by atoms with van der Waals surface area (Å²) in [6.07, 6.45) is 0. The van der Waals surface area contributed by atoms with Crippen molar-refractivity contribution in [2.45, 2.75) is 0 Å².